The van der Waals surface area contributed by atoms with Gasteiger partial charge in [-0.1, -0.05) is 12.1 Å². The molecule has 0 saturated heterocycles. The van der Waals surface area contributed by atoms with Crippen LogP contribution in [0.25, 0.3) is 0 Å². The Labute approximate surface area is 123 Å². The van der Waals surface area contributed by atoms with Gasteiger partial charge in [-0.25, -0.2) is 4.79 Å². The smallest absolute Gasteiger partial charge is 0.407 e. The molecule has 0 fully saturated rings. The molecule has 3 N–H and O–H groups in total. The van der Waals surface area contributed by atoms with E-state index < -0.39 is 12.1 Å². The van der Waals surface area contributed by atoms with Gasteiger partial charge in [0, 0.05) is 12.2 Å². The van der Waals surface area contributed by atoms with Crippen LogP contribution in [-0.4, -0.2) is 31.0 Å². The second-order valence-corrected chi connectivity index (χ2v) is 4.30. The lowest BCUT2D eigenvalue weighted by atomic mass is 10.2. The average molecular weight is 293 g/mol. The third-order valence-electron chi connectivity index (χ3n) is 2.62. The van der Waals surface area contributed by atoms with E-state index in [1.807, 2.05) is 0 Å². The highest BCUT2D eigenvalue weighted by Crippen LogP contribution is 2.10. The number of anilines is 1. The third-order valence-corrected chi connectivity index (χ3v) is 2.62. The fourth-order valence-corrected chi connectivity index (χ4v) is 1.46. The van der Waals surface area contributed by atoms with Crippen molar-refractivity contribution in [1.29, 1.82) is 0 Å². The Morgan fingerprint density at radius 3 is 2.52 bits per heavy atom. The summed E-state index contributed by atoms with van der Waals surface area (Å²) in [5.41, 5.74) is 1.40. The van der Waals surface area contributed by atoms with E-state index in [0.717, 1.165) is 5.56 Å². The van der Waals surface area contributed by atoms with Crippen LogP contribution < -0.4 is 16.0 Å². The molecule has 0 aliphatic heterocycles. The standard InChI is InChI=1S/C14H19N3O4/c1-3-15-14(20)21-8-11-4-6-12(7-5-11)17-13(19)10(2)16-9-18/h4-7,9-10H,3,8H2,1-2H3,(H,15,20)(H,16,18)(H,17,19). The first-order valence-corrected chi connectivity index (χ1v) is 6.57. The fourth-order valence-electron chi connectivity index (χ4n) is 1.46. The Balaban J connectivity index is 2.48. The van der Waals surface area contributed by atoms with Crippen molar-refractivity contribution in [2.75, 3.05) is 11.9 Å². The Hall–Kier alpha value is -2.57. The van der Waals surface area contributed by atoms with Gasteiger partial charge in [-0.2, -0.15) is 0 Å². The van der Waals surface area contributed by atoms with Crippen molar-refractivity contribution in [3.05, 3.63) is 29.8 Å². The van der Waals surface area contributed by atoms with Crippen LogP contribution in [0.2, 0.25) is 0 Å². The molecule has 21 heavy (non-hydrogen) atoms. The molecule has 0 aliphatic rings. The number of alkyl carbamates (subject to hydrolysis) is 1. The molecule has 0 saturated carbocycles. The number of benzene rings is 1. The fraction of sp³-hybridized carbons (Fsp3) is 0.357. The van der Waals surface area contributed by atoms with Crippen LogP contribution in [0.4, 0.5) is 10.5 Å². The van der Waals surface area contributed by atoms with E-state index in [1.165, 1.54) is 0 Å². The number of rotatable bonds is 7. The van der Waals surface area contributed by atoms with Crippen LogP contribution in [0.3, 0.4) is 0 Å². The lowest BCUT2D eigenvalue weighted by Gasteiger charge is -2.11. The molecule has 0 radical (unpaired) electrons. The maximum absolute atomic E-state index is 11.7. The molecule has 1 rings (SSSR count). The molecule has 0 bridgehead atoms. The summed E-state index contributed by atoms with van der Waals surface area (Å²) in [6.45, 7) is 4.05. The summed E-state index contributed by atoms with van der Waals surface area (Å²) in [7, 11) is 0. The number of hydrogen-bond donors (Lipinski definition) is 3. The lowest BCUT2D eigenvalue weighted by molar-refractivity contribution is -0.120. The van der Waals surface area contributed by atoms with Crippen molar-refractivity contribution < 1.29 is 19.1 Å². The first-order chi connectivity index (χ1) is 10.1. The summed E-state index contributed by atoms with van der Waals surface area (Å²) in [5.74, 6) is -0.312. The molecule has 3 amide bonds. The second kappa shape index (κ2) is 8.57. The normalized spacial score (nSPS) is 11.1. The third kappa shape index (κ3) is 5.94. The highest BCUT2D eigenvalue weighted by atomic mass is 16.5. The zero-order valence-corrected chi connectivity index (χ0v) is 12.0. The van der Waals surface area contributed by atoms with E-state index in [2.05, 4.69) is 16.0 Å². The molecule has 7 heteroatoms. The monoisotopic (exact) mass is 293 g/mol. The highest BCUT2D eigenvalue weighted by molar-refractivity contribution is 5.95. The summed E-state index contributed by atoms with van der Waals surface area (Å²) in [6, 6.07) is 6.27. The second-order valence-electron chi connectivity index (χ2n) is 4.30. The molecule has 7 nitrogen and oxygen atoms in total. The Morgan fingerprint density at radius 2 is 1.95 bits per heavy atom. The predicted octanol–water partition coefficient (Wildman–Crippen LogP) is 1.01. The van der Waals surface area contributed by atoms with E-state index in [-0.39, 0.29) is 12.5 Å². The minimum Gasteiger partial charge on any atom is -0.445 e. The first kappa shape index (κ1) is 16.5. The molecule has 1 aromatic carbocycles. The average Bonchev–Trinajstić information content (AvgIpc) is 2.47. The van der Waals surface area contributed by atoms with Crippen molar-refractivity contribution in [2.24, 2.45) is 0 Å². The minimum atomic E-state index is -0.608. The molecule has 0 aromatic heterocycles. The molecular weight excluding hydrogens is 274 g/mol. The van der Waals surface area contributed by atoms with E-state index >= 15 is 0 Å². The van der Waals surface area contributed by atoms with Crippen molar-refractivity contribution in [1.82, 2.24) is 10.6 Å². The van der Waals surface area contributed by atoms with Gasteiger partial charge in [-0.05, 0) is 31.5 Å². The van der Waals surface area contributed by atoms with Crippen LogP contribution >= 0.6 is 0 Å². The quantitative estimate of drug-likeness (QED) is 0.654. The van der Waals surface area contributed by atoms with Crippen LogP contribution in [0.15, 0.2) is 24.3 Å². The van der Waals surface area contributed by atoms with Crippen molar-refractivity contribution in [2.45, 2.75) is 26.5 Å². The molecule has 1 unspecified atom stereocenters. The molecule has 1 aromatic rings. The summed E-state index contributed by atoms with van der Waals surface area (Å²) in [6.07, 6.45) is 0.00936. The Morgan fingerprint density at radius 1 is 1.29 bits per heavy atom. The molecule has 0 heterocycles. The van der Waals surface area contributed by atoms with Crippen molar-refractivity contribution in [3.63, 3.8) is 0 Å². The SMILES string of the molecule is CCNC(=O)OCc1ccc(NC(=O)C(C)NC=O)cc1. The van der Waals surface area contributed by atoms with Gasteiger partial charge in [0.25, 0.3) is 0 Å². The van der Waals surface area contributed by atoms with Crippen molar-refractivity contribution in [3.8, 4) is 0 Å². The number of carbonyl (C=O) groups is 3. The number of ether oxygens (including phenoxy) is 1. The van der Waals surface area contributed by atoms with Gasteiger partial charge >= 0.3 is 6.09 Å². The van der Waals surface area contributed by atoms with Gasteiger partial charge in [-0.15, -0.1) is 0 Å². The highest BCUT2D eigenvalue weighted by Gasteiger charge is 2.11. The molecular formula is C14H19N3O4. The Bertz CT molecular complexity index is 487. The van der Waals surface area contributed by atoms with Gasteiger partial charge in [0.2, 0.25) is 12.3 Å². The van der Waals surface area contributed by atoms with Gasteiger partial charge < -0.3 is 20.7 Å². The van der Waals surface area contributed by atoms with E-state index in [9.17, 15) is 14.4 Å². The Kier molecular flexibility index (Phi) is 6.73. The first-order valence-electron chi connectivity index (χ1n) is 6.57. The van der Waals surface area contributed by atoms with E-state index in [4.69, 9.17) is 4.74 Å². The van der Waals surface area contributed by atoms with Crippen LogP contribution in [0.1, 0.15) is 19.4 Å². The summed E-state index contributed by atoms with van der Waals surface area (Å²) >= 11 is 0. The molecule has 114 valence electrons. The van der Waals surface area contributed by atoms with Gasteiger partial charge in [-0.3, -0.25) is 9.59 Å². The topological polar surface area (TPSA) is 96.5 Å². The molecule has 0 aliphatic carbocycles. The van der Waals surface area contributed by atoms with E-state index in [1.54, 1.807) is 38.1 Å². The number of nitrogens with one attached hydrogen (secondary N) is 3. The molecule has 0 spiro atoms. The van der Waals surface area contributed by atoms with E-state index in [0.29, 0.717) is 18.6 Å². The summed E-state index contributed by atoms with van der Waals surface area (Å²) < 4.78 is 4.97. The minimum absolute atomic E-state index is 0.156. The summed E-state index contributed by atoms with van der Waals surface area (Å²) in [5, 5.41) is 7.55. The maximum Gasteiger partial charge on any atom is 0.407 e. The number of amides is 3. The number of hydrogen-bond acceptors (Lipinski definition) is 4. The zero-order valence-electron chi connectivity index (χ0n) is 12.0. The molecule has 1 atom stereocenters. The van der Waals surface area contributed by atoms with Crippen LogP contribution in [0.5, 0.6) is 0 Å². The lowest BCUT2D eigenvalue weighted by Crippen LogP contribution is -2.37. The van der Waals surface area contributed by atoms with Crippen molar-refractivity contribution >= 4 is 24.1 Å². The largest absolute Gasteiger partial charge is 0.445 e. The maximum atomic E-state index is 11.7. The van der Waals surface area contributed by atoms with Crippen LogP contribution in [-0.2, 0) is 20.9 Å². The van der Waals surface area contributed by atoms with Gasteiger partial charge in [0.15, 0.2) is 0 Å². The van der Waals surface area contributed by atoms with Gasteiger partial charge in [0.05, 0.1) is 0 Å². The number of carbonyl (C=O) groups excluding carboxylic acids is 3. The van der Waals surface area contributed by atoms with Crippen LogP contribution in [0, 0.1) is 0 Å². The van der Waals surface area contributed by atoms with Gasteiger partial charge in [0.1, 0.15) is 12.6 Å². The zero-order chi connectivity index (χ0) is 15.7. The predicted molar refractivity (Wildman–Crippen MR) is 77.6 cm³/mol. The summed E-state index contributed by atoms with van der Waals surface area (Å²) in [4.78, 5) is 33.1.